The predicted octanol–water partition coefficient (Wildman–Crippen LogP) is 2.71. The molecule has 0 saturated heterocycles. The topological polar surface area (TPSA) is 41.1 Å². The number of nitrogens with one attached hydrogen (secondary N) is 2. The molecule has 0 radical (unpaired) electrons. The van der Waals surface area contributed by atoms with E-state index in [1.165, 1.54) is 5.56 Å². The zero-order chi connectivity index (χ0) is 12.9. The highest BCUT2D eigenvalue weighted by Gasteiger charge is 2.12. The zero-order valence-electron chi connectivity index (χ0n) is 11.1. The molecule has 0 fully saturated rings. The van der Waals surface area contributed by atoms with E-state index in [-0.39, 0.29) is 11.4 Å². The molecule has 0 atom stereocenters. The SMILES string of the molecule is Cc1ccc(NCCC(=O)NC(C)(C)C)cc1. The first-order valence-corrected chi connectivity index (χ1v) is 5.98. The molecule has 0 aromatic heterocycles. The molecule has 3 heteroatoms. The summed E-state index contributed by atoms with van der Waals surface area (Å²) in [5.74, 6) is 0.0807. The molecule has 0 aliphatic rings. The molecule has 17 heavy (non-hydrogen) atoms. The molecule has 0 bridgehead atoms. The Morgan fingerprint density at radius 1 is 1.18 bits per heavy atom. The van der Waals surface area contributed by atoms with Crippen molar-refractivity contribution in [1.29, 1.82) is 0 Å². The lowest BCUT2D eigenvalue weighted by Crippen LogP contribution is -2.41. The van der Waals surface area contributed by atoms with Gasteiger partial charge >= 0.3 is 0 Å². The van der Waals surface area contributed by atoms with E-state index in [4.69, 9.17) is 0 Å². The summed E-state index contributed by atoms with van der Waals surface area (Å²) in [6.45, 7) is 8.67. The second-order valence-corrected chi connectivity index (χ2v) is 5.34. The van der Waals surface area contributed by atoms with Gasteiger partial charge in [0.25, 0.3) is 0 Å². The quantitative estimate of drug-likeness (QED) is 0.841. The van der Waals surface area contributed by atoms with Crippen LogP contribution in [0.15, 0.2) is 24.3 Å². The van der Waals surface area contributed by atoms with Crippen molar-refractivity contribution >= 4 is 11.6 Å². The molecule has 0 unspecified atom stereocenters. The fourth-order valence-electron chi connectivity index (χ4n) is 1.47. The minimum absolute atomic E-state index is 0.0807. The highest BCUT2D eigenvalue weighted by Crippen LogP contribution is 2.08. The standard InChI is InChI=1S/C14H22N2O/c1-11-5-7-12(8-6-11)15-10-9-13(17)16-14(2,3)4/h5-8,15H,9-10H2,1-4H3,(H,16,17). The van der Waals surface area contributed by atoms with Crippen LogP contribution >= 0.6 is 0 Å². The van der Waals surface area contributed by atoms with E-state index < -0.39 is 0 Å². The Balaban J connectivity index is 2.28. The normalized spacial score (nSPS) is 11.1. The van der Waals surface area contributed by atoms with Gasteiger partial charge in [0.05, 0.1) is 0 Å². The maximum absolute atomic E-state index is 11.6. The molecule has 3 nitrogen and oxygen atoms in total. The van der Waals surface area contributed by atoms with Crippen LogP contribution < -0.4 is 10.6 Å². The van der Waals surface area contributed by atoms with Crippen LogP contribution in [0.5, 0.6) is 0 Å². The van der Waals surface area contributed by atoms with Crippen LogP contribution in [0, 0.1) is 6.92 Å². The van der Waals surface area contributed by atoms with E-state index in [0.29, 0.717) is 13.0 Å². The van der Waals surface area contributed by atoms with E-state index in [2.05, 4.69) is 29.7 Å². The third-order valence-corrected chi connectivity index (χ3v) is 2.25. The fourth-order valence-corrected chi connectivity index (χ4v) is 1.47. The van der Waals surface area contributed by atoms with E-state index in [0.717, 1.165) is 5.69 Å². The monoisotopic (exact) mass is 234 g/mol. The van der Waals surface area contributed by atoms with Gasteiger partial charge in [0.1, 0.15) is 0 Å². The number of hydrogen-bond acceptors (Lipinski definition) is 2. The second kappa shape index (κ2) is 5.71. The van der Waals surface area contributed by atoms with Crippen molar-refractivity contribution < 1.29 is 4.79 Å². The van der Waals surface area contributed by atoms with E-state index in [9.17, 15) is 4.79 Å². The molecule has 1 aromatic carbocycles. The molecule has 0 aliphatic carbocycles. The summed E-state index contributed by atoms with van der Waals surface area (Å²) in [4.78, 5) is 11.6. The Hall–Kier alpha value is -1.51. The van der Waals surface area contributed by atoms with Crippen LogP contribution in [0.1, 0.15) is 32.8 Å². The Morgan fingerprint density at radius 2 is 1.76 bits per heavy atom. The number of hydrogen-bond donors (Lipinski definition) is 2. The van der Waals surface area contributed by atoms with Crippen LogP contribution in [0.2, 0.25) is 0 Å². The van der Waals surface area contributed by atoms with Crippen molar-refractivity contribution in [3.8, 4) is 0 Å². The number of amides is 1. The third-order valence-electron chi connectivity index (χ3n) is 2.25. The molecule has 0 spiro atoms. The second-order valence-electron chi connectivity index (χ2n) is 5.34. The summed E-state index contributed by atoms with van der Waals surface area (Å²) in [6, 6.07) is 8.16. The zero-order valence-corrected chi connectivity index (χ0v) is 11.1. The fraction of sp³-hybridized carbons (Fsp3) is 0.500. The molecular weight excluding hydrogens is 212 g/mol. The Kier molecular flexibility index (Phi) is 4.55. The summed E-state index contributed by atoms with van der Waals surface area (Å²) in [5, 5.41) is 6.16. The first kappa shape index (κ1) is 13.6. The Labute approximate surface area is 104 Å². The molecule has 94 valence electrons. The molecule has 0 aliphatic heterocycles. The van der Waals surface area contributed by atoms with Gasteiger partial charge in [0.2, 0.25) is 5.91 Å². The number of carbonyl (C=O) groups is 1. The molecule has 2 N–H and O–H groups in total. The van der Waals surface area contributed by atoms with Crippen molar-refractivity contribution in [3.05, 3.63) is 29.8 Å². The van der Waals surface area contributed by atoms with Crippen LogP contribution in [-0.4, -0.2) is 18.0 Å². The molecule has 1 aromatic rings. The first-order valence-electron chi connectivity index (χ1n) is 5.98. The molecular formula is C14H22N2O. The lowest BCUT2D eigenvalue weighted by molar-refractivity contribution is -0.122. The van der Waals surface area contributed by atoms with Gasteiger partial charge in [-0.3, -0.25) is 4.79 Å². The molecule has 1 rings (SSSR count). The van der Waals surface area contributed by atoms with Gasteiger partial charge in [-0.2, -0.15) is 0 Å². The van der Waals surface area contributed by atoms with Crippen molar-refractivity contribution in [3.63, 3.8) is 0 Å². The summed E-state index contributed by atoms with van der Waals surface area (Å²) in [6.07, 6.45) is 0.491. The number of carbonyl (C=O) groups excluding carboxylic acids is 1. The van der Waals surface area contributed by atoms with Gasteiger partial charge in [-0.05, 0) is 39.8 Å². The van der Waals surface area contributed by atoms with Crippen molar-refractivity contribution in [2.24, 2.45) is 0 Å². The summed E-state index contributed by atoms with van der Waals surface area (Å²) in [7, 11) is 0. The van der Waals surface area contributed by atoms with Crippen molar-refractivity contribution in [2.45, 2.75) is 39.7 Å². The van der Waals surface area contributed by atoms with Gasteiger partial charge in [0.15, 0.2) is 0 Å². The van der Waals surface area contributed by atoms with Gasteiger partial charge in [-0.25, -0.2) is 0 Å². The van der Waals surface area contributed by atoms with Crippen LogP contribution in [-0.2, 0) is 4.79 Å². The Morgan fingerprint density at radius 3 is 2.29 bits per heavy atom. The lowest BCUT2D eigenvalue weighted by Gasteiger charge is -2.20. The van der Waals surface area contributed by atoms with Crippen molar-refractivity contribution in [1.82, 2.24) is 5.32 Å². The van der Waals surface area contributed by atoms with Crippen molar-refractivity contribution in [2.75, 3.05) is 11.9 Å². The van der Waals surface area contributed by atoms with E-state index in [1.807, 2.05) is 32.9 Å². The minimum Gasteiger partial charge on any atom is -0.385 e. The Bertz CT molecular complexity index is 363. The number of benzene rings is 1. The van der Waals surface area contributed by atoms with Gasteiger partial charge < -0.3 is 10.6 Å². The molecule has 0 heterocycles. The van der Waals surface area contributed by atoms with Crippen LogP contribution in [0.3, 0.4) is 0 Å². The van der Waals surface area contributed by atoms with E-state index >= 15 is 0 Å². The number of aryl methyl sites for hydroxylation is 1. The average molecular weight is 234 g/mol. The molecule has 0 saturated carbocycles. The average Bonchev–Trinajstić information content (AvgIpc) is 2.18. The van der Waals surface area contributed by atoms with Gasteiger partial charge in [0, 0.05) is 24.2 Å². The third kappa shape index (κ3) is 5.95. The highest BCUT2D eigenvalue weighted by molar-refractivity contribution is 5.77. The maximum Gasteiger partial charge on any atom is 0.222 e. The first-order chi connectivity index (χ1) is 7.87. The molecule has 1 amide bonds. The van der Waals surface area contributed by atoms with Gasteiger partial charge in [-0.15, -0.1) is 0 Å². The number of anilines is 1. The largest absolute Gasteiger partial charge is 0.385 e. The lowest BCUT2D eigenvalue weighted by atomic mass is 10.1. The smallest absolute Gasteiger partial charge is 0.222 e. The number of rotatable bonds is 4. The van der Waals surface area contributed by atoms with Gasteiger partial charge in [-0.1, -0.05) is 17.7 Å². The highest BCUT2D eigenvalue weighted by atomic mass is 16.1. The summed E-state index contributed by atoms with van der Waals surface area (Å²) in [5.41, 5.74) is 2.14. The summed E-state index contributed by atoms with van der Waals surface area (Å²) >= 11 is 0. The summed E-state index contributed by atoms with van der Waals surface area (Å²) < 4.78 is 0. The van der Waals surface area contributed by atoms with Crippen LogP contribution in [0.4, 0.5) is 5.69 Å². The van der Waals surface area contributed by atoms with E-state index in [1.54, 1.807) is 0 Å². The maximum atomic E-state index is 11.6. The van der Waals surface area contributed by atoms with Crippen LogP contribution in [0.25, 0.3) is 0 Å². The predicted molar refractivity (Wildman–Crippen MR) is 72.2 cm³/mol. The minimum atomic E-state index is -0.152.